The zero-order valence-electron chi connectivity index (χ0n) is 15.4. The Kier molecular flexibility index (Phi) is 6.78. The SMILES string of the molecule is COc1cc(CNC[C@H]2CCCO2)cc(Cl)c1OCc1ccc(C)cc1. The summed E-state index contributed by atoms with van der Waals surface area (Å²) in [6, 6.07) is 12.1. The standard InChI is InChI=1S/C21H26ClNO3/c1-15-5-7-16(8-6-15)14-26-21-19(22)10-17(11-20(21)24-2)12-23-13-18-4-3-9-25-18/h5-8,10-11,18,23H,3-4,9,12-14H2,1-2H3/t18-/m1/s1. The summed E-state index contributed by atoms with van der Waals surface area (Å²) >= 11 is 6.45. The third kappa shape index (κ3) is 5.13. The Hall–Kier alpha value is -1.75. The van der Waals surface area contributed by atoms with Crippen LogP contribution in [0.15, 0.2) is 36.4 Å². The Morgan fingerprint density at radius 1 is 1.19 bits per heavy atom. The van der Waals surface area contributed by atoms with Gasteiger partial charge in [-0.3, -0.25) is 0 Å². The lowest BCUT2D eigenvalue weighted by molar-refractivity contribution is 0.110. The van der Waals surface area contributed by atoms with Crippen LogP contribution in [0.2, 0.25) is 5.02 Å². The van der Waals surface area contributed by atoms with Gasteiger partial charge in [0.2, 0.25) is 0 Å². The molecule has 1 aliphatic rings. The van der Waals surface area contributed by atoms with E-state index in [0.717, 1.165) is 37.1 Å². The van der Waals surface area contributed by atoms with Gasteiger partial charge in [0.15, 0.2) is 11.5 Å². The van der Waals surface area contributed by atoms with Gasteiger partial charge in [-0.2, -0.15) is 0 Å². The first-order valence-electron chi connectivity index (χ1n) is 9.03. The minimum atomic E-state index is 0.324. The van der Waals surface area contributed by atoms with Gasteiger partial charge in [-0.1, -0.05) is 41.4 Å². The van der Waals surface area contributed by atoms with Crippen molar-refractivity contribution in [2.24, 2.45) is 0 Å². The second-order valence-electron chi connectivity index (χ2n) is 6.65. The van der Waals surface area contributed by atoms with Crippen molar-refractivity contribution in [3.05, 3.63) is 58.1 Å². The van der Waals surface area contributed by atoms with Gasteiger partial charge in [-0.05, 0) is 43.0 Å². The molecule has 1 aliphatic heterocycles. The molecule has 0 bridgehead atoms. The predicted molar refractivity (Wildman–Crippen MR) is 104 cm³/mol. The van der Waals surface area contributed by atoms with Crippen molar-refractivity contribution in [1.82, 2.24) is 5.32 Å². The summed E-state index contributed by atoms with van der Waals surface area (Å²) in [5.41, 5.74) is 3.38. The lowest BCUT2D eigenvalue weighted by Crippen LogP contribution is -2.25. The van der Waals surface area contributed by atoms with E-state index in [1.165, 1.54) is 5.56 Å². The van der Waals surface area contributed by atoms with Crippen molar-refractivity contribution in [1.29, 1.82) is 0 Å². The lowest BCUT2D eigenvalue weighted by atomic mass is 10.1. The Labute approximate surface area is 160 Å². The highest BCUT2D eigenvalue weighted by atomic mass is 35.5. The summed E-state index contributed by atoms with van der Waals surface area (Å²) in [6.45, 7) is 4.96. The molecule has 3 rings (SSSR count). The van der Waals surface area contributed by atoms with Gasteiger partial charge in [0.25, 0.3) is 0 Å². The van der Waals surface area contributed by atoms with Crippen LogP contribution in [0.5, 0.6) is 11.5 Å². The van der Waals surface area contributed by atoms with E-state index in [4.69, 9.17) is 25.8 Å². The zero-order valence-corrected chi connectivity index (χ0v) is 16.1. The third-order valence-electron chi connectivity index (χ3n) is 4.52. The van der Waals surface area contributed by atoms with E-state index < -0.39 is 0 Å². The van der Waals surface area contributed by atoms with E-state index in [0.29, 0.717) is 35.8 Å². The lowest BCUT2D eigenvalue weighted by Gasteiger charge is -2.15. The molecule has 0 aliphatic carbocycles. The van der Waals surface area contributed by atoms with Crippen LogP contribution in [0.4, 0.5) is 0 Å². The highest BCUT2D eigenvalue weighted by Crippen LogP contribution is 2.37. The van der Waals surface area contributed by atoms with Crippen molar-refractivity contribution in [3.63, 3.8) is 0 Å². The Morgan fingerprint density at radius 2 is 2.00 bits per heavy atom. The highest BCUT2D eigenvalue weighted by molar-refractivity contribution is 6.32. The second kappa shape index (κ2) is 9.26. The van der Waals surface area contributed by atoms with E-state index in [1.807, 2.05) is 12.1 Å². The fraction of sp³-hybridized carbons (Fsp3) is 0.429. The number of rotatable bonds is 8. The molecule has 1 saturated heterocycles. The molecule has 0 radical (unpaired) electrons. The smallest absolute Gasteiger partial charge is 0.180 e. The summed E-state index contributed by atoms with van der Waals surface area (Å²) < 4.78 is 17.0. The molecular weight excluding hydrogens is 350 g/mol. The number of methoxy groups -OCH3 is 1. The van der Waals surface area contributed by atoms with Crippen LogP contribution in [0.1, 0.15) is 29.5 Å². The molecule has 0 spiro atoms. The van der Waals surface area contributed by atoms with E-state index in [-0.39, 0.29) is 0 Å². The predicted octanol–water partition coefficient (Wildman–Crippen LogP) is 4.50. The average Bonchev–Trinajstić information content (AvgIpc) is 3.15. The quantitative estimate of drug-likeness (QED) is 0.737. The van der Waals surface area contributed by atoms with Crippen LogP contribution < -0.4 is 14.8 Å². The first-order valence-corrected chi connectivity index (χ1v) is 9.40. The maximum Gasteiger partial charge on any atom is 0.180 e. The summed E-state index contributed by atoms with van der Waals surface area (Å²) in [7, 11) is 1.63. The largest absolute Gasteiger partial charge is 0.493 e. The summed E-state index contributed by atoms with van der Waals surface area (Å²) in [4.78, 5) is 0. The molecule has 1 N–H and O–H groups in total. The summed E-state index contributed by atoms with van der Waals surface area (Å²) in [6.07, 6.45) is 2.60. The molecule has 2 aromatic carbocycles. The monoisotopic (exact) mass is 375 g/mol. The van der Waals surface area contributed by atoms with Crippen molar-refractivity contribution in [2.45, 2.75) is 39.0 Å². The minimum Gasteiger partial charge on any atom is -0.493 e. The summed E-state index contributed by atoms with van der Waals surface area (Å²) in [5, 5.41) is 3.99. The van der Waals surface area contributed by atoms with Crippen LogP contribution in [0.25, 0.3) is 0 Å². The molecule has 2 aromatic rings. The third-order valence-corrected chi connectivity index (χ3v) is 4.80. The van der Waals surface area contributed by atoms with Gasteiger partial charge in [-0.15, -0.1) is 0 Å². The van der Waals surface area contributed by atoms with Gasteiger partial charge in [0, 0.05) is 19.7 Å². The molecule has 1 fully saturated rings. The maximum atomic E-state index is 6.45. The van der Waals surface area contributed by atoms with E-state index in [1.54, 1.807) is 7.11 Å². The van der Waals surface area contributed by atoms with Crippen LogP contribution in [0.3, 0.4) is 0 Å². The number of hydrogen-bond donors (Lipinski definition) is 1. The van der Waals surface area contributed by atoms with Gasteiger partial charge in [-0.25, -0.2) is 0 Å². The zero-order chi connectivity index (χ0) is 18.4. The molecule has 26 heavy (non-hydrogen) atoms. The molecular formula is C21H26ClNO3. The Bertz CT molecular complexity index is 712. The summed E-state index contributed by atoms with van der Waals surface area (Å²) in [5.74, 6) is 1.23. The Balaban J connectivity index is 1.61. The molecule has 4 nitrogen and oxygen atoms in total. The fourth-order valence-corrected chi connectivity index (χ4v) is 3.33. The minimum absolute atomic E-state index is 0.324. The highest BCUT2D eigenvalue weighted by Gasteiger charge is 2.16. The van der Waals surface area contributed by atoms with Crippen LogP contribution >= 0.6 is 11.6 Å². The van der Waals surface area contributed by atoms with Crippen molar-refractivity contribution in [3.8, 4) is 11.5 Å². The van der Waals surface area contributed by atoms with Gasteiger partial charge >= 0.3 is 0 Å². The number of hydrogen-bond acceptors (Lipinski definition) is 4. The van der Waals surface area contributed by atoms with Crippen LogP contribution in [0, 0.1) is 6.92 Å². The molecule has 1 atom stereocenters. The molecule has 0 unspecified atom stereocenters. The first-order chi connectivity index (χ1) is 12.7. The molecule has 0 amide bonds. The maximum absolute atomic E-state index is 6.45. The van der Waals surface area contributed by atoms with Gasteiger partial charge < -0.3 is 19.5 Å². The van der Waals surface area contributed by atoms with Gasteiger partial charge in [0.05, 0.1) is 18.2 Å². The van der Waals surface area contributed by atoms with Crippen molar-refractivity contribution >= 4 is 11.6 Å². The topological polar surface area (TPSA) is 39.7 Å². The molecule has 0 aromatic heterocycles. The van der Waals surface area contributed by atoms with E-state index >= 15 is 0 Å². The molecule has 5 heteroatoms. The first kappa shape index (κ1) is 19.0. The molecule has 140 valence electrons. The van der Waals surface area contributed by atoms with Crippen LogP contribution in [-0.4, -0.2) is 26.4 Å². The number of aryl methyl sites for hydroxylation is 1. The molecule has 1 heterocycles. The Morgan fingerprint density at radius 3 is 2.69 bits per heavy atom. The van der Waals surface area contributed by atoms with Crippen LogP contribution in [-0.2, 0) is 17.9 Å². The normalized spacial score (nSPS) is 16.7. The number of nitrogens with one attached hydrogen (secondary N) is 1. The van der Waals surface area contributed by atoms with Crippen molar-refractivity contribution in [2.75, 3.05) is 20.3 Å². The number of benzene rings is 2. The average molecular weight is 376 g/mol. The second-order valence-corrected chi connectivity index (χ2v) is 7.06. The molecule has 0 saturated carbocycles. The van der Waals surface area contributed by atoms with E-state index in [9.17, 15) is 0 Å². The number of halogens is 1. The fourth-order valence-electron chi connectivity index (χ4n) is 3.04. The van der Waals surface area contributed by atoms with Gasteiger partial charge in [0.1, 0.15) is 6.61 Å². The number of ether oxygens (including phenoxy) is 3. The van der Waals surface area contributed by atoms with E-state index in [2.05, 4.69) is 36.5 Å². The van der Waals surface area contributed by atoms with Crippen molar-refractivity contribution < 1.29 is 14.2 Å².